The van der Waals surface area contributed by atoms with Gasteiger partial charge in [0.05, 0.1) is 0 Å². The summed E-state index contributed by atoms with van der Waals surface area (Å²) in [6, 6.07) is 0. The van der Waals surface area contributed by atoms with Crippen molar-refractivity contribution in [1.82, 2.24) is 0 Å². The Morgan fingerprint density at radius 1 is 0.875 bits per heavy atom. The average molecular weight is 332 g/mol. The molecule has 132 valence electrons. The lowest BCUT2D eigenvalue weighted by Crippen LogP contribution is -2.01. The maximum atomic E-state index is 10.6. The minimum absolute atomic E-state index is 0.163. The molecular weight excluding hydrogens is 304 g/mol. The topological polar surface area (TPSA) is 63.6 Å². The van der Waals surface area contributed by atoms with Crippen molar-refractivity contribution in [1.29, 1.82) is 0 Å². The number of unbranched alkanes of at least 4 members (excludes halogenated alkanes) is 7. The van der Waals surface area contributed by atoms with Gasteiger partial charge in [0.2, 0.25) is 5.76 Å². The van der Waals surface area contributed by atoms with E-state index in [1.807, 2.05) is 18.2 Å². The van der Waals surface area contributed by atoms with E-state index < -0.39 is 5.97 Å². The van der Waals surface area contributed by atoms with E-state index in [2.05, 4.69) is 28.2 Å². The lowest BCUT2D eigenvalue weighted by Gasteiger charge is -1.98. The second-order valence-corrected chi connectivity index (χ2v) is 5.63. The summed E-state index contributed by atoms with van der Waals surface area (Å²) in [5.74, 6) is -1.06. The van der Waals surface area contributed by atoms with E-state index in [0.29, 0.717) is 0 Å². The summed E-state index contributed by atoms with van der Waals surface area (Å²) in [4.78, 5) is 10.6. The molecule has 0 saturated carbocycles. The van der Waals surface area contributed by atoms with Crippen molar-refractivity contribution in [3.8, 4) is 0 Å². The van der Waals surface area contributed by atoms with Gasteiger partial charge in [0.25, 0.3) is 0 Å². The summed E-state index contributed by atoms with van der Waals surface area (Å²) in [6.45, 7) is 2.24. The second-order valence-electron chi connectivity index (χ2n) is 5.63. The molecule has 0 aliphatic carbocycles. The third-order valence-electron chi connectivity index (χ3n) is 3.55. The molecule has 1 aromatic heterocycles. The molecule has 0 aliphatic rings. The fourth-order valence-electron chi connectivity index (χ4n) is 2.17. The van der Waals surface area contributed by atoms with Crippen LogP contribution in [-0.4, -0.2) is 11.1 Å². The molecular formula is C20H28O4. The number of hydrogen-bond acceptors (Lipinski definition) is 3. The van der Waals surface area contributed by atoms with E-state index in [0.717, 1.165) is 6.42 Å². The molecule has 0 atom stereocenters. The largest absolute Gasteiger partial charge is 0.475 e. The van der Waals surface area contributed by atoms with E-state index in [1.54, 1.807) is 18.2 Å². The maximum Gasteiger partial charge on any atom is 0.380 e. The molecule has 0 unspecified atom stereocenters. The third-order valence-corrected chi connectivity index (χ3v) is 3.55. The monoisotopic (exact) mass is 332 g/mol. The van der Waals surface area contributed by atoms with Gasteiger partial charge in [-0.25, -0.2) is 4.79 Å². The smallest absolute Gasteiger partial charge is 0.380 e. The molecule has 4 heteroatoms. The quantitative estimate of drug-likeness (QED) is 0.258. The van der Waals surface area contributed by atoms with E-state index >= 15 is 0 Å². The minimum atomic E-state index is -1.13. The molecule has 1 N–H and O–H groups in total. The number of carbonyl (C=O) groups is 1. The van der Waals surface area contributed by atoms with Crippen LogP contribution < -0.4 is 0 Å². The molecule has 0 amide bonds. The Labute approximate surface area is 144 Å². The number of carboxylic acid groups (broad SMARTS) is 1. The lowest BCUT2D eigenvalue weighted by molar-refractivity contribution is -0.0237. The molecule has 0 radical (unpaired) electrons. The zero-order chi connectivity index (χ0) is 17.5. The number of aromatic carboxylic acids is 1. The summed E-state index contributed by atoms with van der Waals surface area (Å²) in [5, 5.41) is 8.70. The van der Waals surface area contributed by atoms with Crippen LogP contribution in [0.5, 0.6) is 0 Å². The zero-order valence-electron chi connectivity index (χ0n) is 14.4. The van der Waals surface area contributed by atoms with Crippen LogP contribution in [0.15, 0.2) is 51.7 Å². The lowest BCUT2D eigenvalue weighted by atomic mass is 10.1. The fourth-order valence-corrected chi connectivity index (χ4v) is 2.17. The summed E-state index contributed by atoms with van der Waals surface area (Å²) < 4.78 is 8.93. The zero-order valence-corrected chi connectivity index (χ0v) is 14.4. The van der Waals surface area contributed by atoms with Crippen LogP contribution in [0.1, 0.15) is 74.6 Å². The van der Waals surface area contributed by atoms with Crippen LogP contribution in [-0.2, 0) is 0 Å². The van der Waals surface area contributed by atoms with Crippen molar-refractivity contribution in [2.45, 2.75) is 58.3 Å². The Morgan fingerprint density at radius 2 is 1.50 bits per heavy atom. The van der Waals surface area contributed by atoms with Crippen molar-refractivity contribution >= 4 is 12.0 Å². The Balaban J connectivity index is 2.04. The van der Waals surface area contributed by atoms with Gasteiger partial charge >= 0.3 is 11.7 Å². The standard InChI is InChI=1S/C20H28O4/c1-2-3-4-5-6-7-8-9-10-11-12-13-14-15-16-17-18-19(20(21)22)24-23-18/h10-17H,2-9H2,1H3,(H,21,22)/b11-10+,13-12+,15-14+,17-16+. The SMILES string of the molecule is CCCCCCCCC/C=C/C=C/C=C/C=C/c1ooc1C(=O)O. The van der Waals surface area contributed by atoms with E-state index in [4.69, 9.17) is 5.11 Å². The van der Waals surface area contributed by atoms with Crippen molar-refractivity contribution < 1.29 is 19.1 Å². The second kappa shape index (κ2) is 13.2. The predicted molar refractivity (Wildman–Crippen MR) is 97.0 cm³/mol. The van der Waals surface area contributed by atoms with Crippen LogP contribution >= 0.6 is 0 Å². The number of allylic oxidation sites excluding steroid dienone is 7. The first-order valence-corrected chi connectivity index (χ1v) is 8.74. The van der Waals surface area contributed by atoms with Crippen LogP contribution in [0.4, 0.5) is 0 Å². The Kier molecular flexibility index (Phi) is 10.9. The molecule has 1 rings (SSSR count). The van der Waals surface area contributed by atoms with Gasteiger partial charge in [-0.05, 0) is 18.9 Å². The van der Waals surface area contributed by atoms with Crippen molar-refractivity contribution in [3.63, 3.8) is 0 Å². The highest BCUT2D eigenvalue weighted by Crippen LogP contribution is 2.15. The highest BCUT2D eigenvalue weighted by molar-refractivity contribution is 5.87. The number of hydrogen-bond donors (Lipinski definition) is 1. The summed E-state index contributed by atoms with van der Waals surface area (Å²) in [6.07, 6.45) is 25.6. The third kappa shape index (κ3) is 9.03. The summed E-state index contributed by atoms with van der Waals surface area (Å²) in [5.41, 5.74) is 0. The molecule has 4 nitrogen and oxygen atoms in total. The van der Waals surface area contributed by atoms with Crippen molar-refractivity contribution in [2.24, 2.45) is 0 Å². The molecule has 0 fully saturated rings. The Bertz CT molecular complexity index is 555. The summed E-state index contributed by atoms with van der Waals surface area (Å²) in [7, 11) is 0. The fraction of sp³-hybridized carbons (Fsp3) is 0.450. The van der Waals surface area contributed by atoms with Gasteiger partial charge < -0.3 is 5.11 Å². The molecule has 1 aromatic rings. The molecule has 0 aromatic carbocycles. The van der Waals surface area contributed by atoms with Gasteiger partial charge in [0, 0.05) is 0 Å². The van der Waals surface area contributed by atoms with E-state index in [1.165, 1.54) is 44.9 Å². The first-order valence-electron chi connectivity index (χ1n) is 8.74. The highest BCUT2D eigenvalue weighted by atomic mass is 17.0. The molecule has 24 heavy (non-hydrogen) atoms. The van der Waals surface area contributed by atoms with Gasteiger partial charge in [-0.3, -0.25) is 9.15 Å². The van der Waals surface area contributed by atoms with Gasteiger partial charge in [0.1, 0.15) is 0 Å². The normalized spacial score (nSPS) is 12.5. The van der Waals surface area contributed by atoms with Crippen molar-refractivity contribution in [2.75, 3.05) is 0 Å². The van der Waals surface area contributed by atoms with Crippen LogP contribution in [0.2, 0.25) is 0 Å². The number of carboxylic acids is 1. The minimum Gasteiger partial charge on any atom is -0.475 e. The van der Waals surface area contributed by atoms with Crippen LogP contribution in [0.25, 0.3) is 6.08 Å². The van der Waals surface area contributed by atoms with Gasteiger partial charge in [-0.15, -0.1) is 0 Å². The first-order chi connectivity index (χ1) is 11.8. The van der Waals surface area contributed by atoms with E-state index in [9.17, 15) is 4.79 Å². The first kappa shape index (κ1) is 19.8. The van der Waals surface area contributed by atoms with Crippen LogP contribution in [0, 0.1) is 0 Å². The van der Waals surface area contributed by atoms with Gasteiger partial charge in [-0.2, -0.15) is 0 Å². The molecule has 0 saturated heterocycles. The average Bonchev–Trinajstić information content (AvgIpc) is 2.52. The van der Waals surface area contributed by atoms with E-state index in [-0.39, 0.29) is 11.5 Å². The Morgan fingerprint density at radius 3 is 2.12 bits per heavy atom. The predicted octanol–water partition coefficient (Wildman–Crippen LogP) is 6.39. The van der Waals surface area contributed by atoms with Gasteiger partial charge in [0.15, 0.2) is 0 Å². The Hall–Kier alpha value is -2.23. The highest BCUT2D eigenvalue weighted by Gasteiger charge is 2.19. The maximum absolute atomic E-state index is 10.6. The van der Waals surface area contributed by atoms with Crippen molar-refractivity contribution in [3.05, 3.63) is 54.1 Å². The van der Waals surface area contributed by atoms with Gasteiger partial charge in [-0.1, -0.05) is 88.0 Å². The summed E-state index contributed by atoms with van der Waals surface area (Å²) >= 11 is 0. The number of rotatable bonds is 13. The molecule has 0 aliphatic heterocycles. The molecule has 0 spiro atoms. The van der Waals surface area contributed by atoms with Crippen LogP contribution in [0.3, 0.4) is 0 Å². The molecule has 1 heterocycles. The molecule has 0 bridgehead atoms.